The highest BCUT2D eigenvalue weighted by Gasteiger charge is 2.06. The molecule has 0 bridgehead atoms. The molecular formula is C13H16N4O2S. The standard InChI is InChI=1S/C13H16N4O2S/c1-2-19-12(18)6-5-11-9-20-13(16-11)14-8-10-4-3-7-15-17-10/h3-4,7,9H,2,5-6,8H2,1H3,(H,14,16). The van der Waals surface area contributed by atoms with Gasteiger partial charge in [-0.05, 0) is 19.1 Å². The smallest absolute Gasteiger partial charge is 0.306 e. The molecule has 2 aromatic heterocycles. The first-order chi connectivity index (χ1) is 9.78. The fraction of sp³-hybridized carbons (Fsp3) is 0.385. The number of thiazole rings is 1. The quantitative estimate of drug-likeness (QED) is 0.787. The van der Waals surface area contributed by atoms with Gasteiger partial charge in [-0.3, -0.25) is 4.79 Å². The summed E-state index contributed by atoms with van der Waals surface area (Å²) in [5.41, 5.74) is 1.75. The van der Waals surface area contributed by atoms with Crippen LogP contribution in [0.25, 0.3) is 0 Å². The van der Waals surface area contributed by atoms with E-state index in [0.717, 1.165) is 16.5 Å². The third kappa shape index (κ3) is 4.58. The lowest BCUT2D eigenvalue weighted by Gasteiger charge is -2.01. The largest absolute Gasteiger partial charge is 0.466 e. The van der Waals surface area contributed by atoms with E-state index in [2.05, 4.69) is 20.5 Å². The van der Waals surface area contributed by atoms with Gasteiger partial charge in [0.2, 0.25) is 0 Å². The number of aryl methyl sites for hydroxylation is 1. The van der Waals surface area contributed by atoms with Crippen molar-refractivity contribution in [3.05, 3.63) is 35.1 Å². The second-order valence-corrected chi connectivity index (χ2v) is 4.88. The van der Waals surface area contributed by atoms with Crippen LogP contribution in [0.5, 0.6) is 0 Å². The Morgan fingerprint density at radius 3 is 3.10 bits per heavy atom. The summed E-state index contributed by atoms with van der Waals surface area (Å²) in [6.07, 6.45) is 2.60. The molecule has 0 aromatic carbocycles. The van der Waals surface area contributed by atoms with E-state index in [0.29, 0.717) is 26.0 Å². The molecule has 0 aliphatic carbocycles. The number of aromatic nitrogens is 3. The zero-order valence-corrected chi connectivity index (χ0v) is 12.0. The van der Waals surface area contributed by atoms with Crippen LogP contribution in [0.1, 0.15) is 24.7 Å². The van der Waals surface area contributed by atoms with Gasteiger partial charge in [-0.1, -0.05) is 0 Å². The van der Waals surface area contributed by atoms with Gasteiger partial charge >= 0.3 is 5.97 Å². The van der Waals surface area contributed by atoms with E-state index in [-0.39, 0.29) is 5.97 Å². The lowest BCUT2D eigenvalue weighted by molar-refractivity contribution is -0.143. The molecule has 106 valence electrons. The Morgan fingerprint density at radius 1 is 1.45 bits per heavy atom. The van der Waals surface area contributed by atoms with Gasteiger partial charge in [0.15, 0.2) is 5.13 Å². The molecule has 2 rings (SSSR count). The van der Waals surface area contributed by atoms with Crippen molar-refractivity contribution in [2.75, 3.05) is 11.9 Å². The van der Waals surface area contributed by atoms with E-state index in [1.54, 1.807) is 13.1 Å². The molecule has 7 heteroatoms. The van der Waals surface area contributed by atoms with Gasteiger partial charge < -0.3 is 10.1 Å². The highest BCUT2D eigenvalue weighted by Crippen LogP contribution is 2.17. The van der Waals surface area contributed by atoms with Gasteiger partial charge in [0, 0.05) is 18.0 Å². The lowest BCUT2D eigenvalue weighted by atomic mass is 10.2. The fourth-order valence-electron chi connectivity index (χ4n) is 1.56. The summed E-state index contributed by atoms with van der Waals surface area (Å²) in [6.45, 7) is 2.80. The van der Waals surface area contributed by atoms with Crippen LogP contribution >= 0.6 is 11.3 Å². The molecule has 20 heavy (non-hydrogen) atoms. The number of esters is 1. The van der Waals surface area contributed by atoms with Crippen molar-refractivity contribution < 1.29 is 9.53 Å². The van der Waals surface area contributed by atoms with Gasteiger partial charge in [-0.15, -0.1) is 11.3 Å². The monoisotopic (exact) mass is 292 g/mol. The molecule has 0 saturated carbocycles. The molecule has 0 atom stereocenters. The Labute approximate surface area is 121 Å². The maximum Gasteiger partial charge on any atom is 0.306 e. The van der Waals surface area contributed by atoms with E-state index in [4.69, 9.17) is 4.74 Å². The van der Waals surface area contributed by atoms with Crippen LogP contribution in [0.4, 0.5) is 5.13 Å². The number of anilines is 1. The molecule has 2 aromatic rings. The zero-order valence-electron chi connectivity index (χ0n) is 11.2. The Kier molecular flexibility index (Phi) is 5.43. The van der Waals surface area contributed by atoms with E-state index in [9.17, 15) is 4.79 Å². The van der Waals surface area contributed by atoms with Gasteiger partial charge in [-0.25, -0.2) is 4.98 Å². The molecule has 0 saturated heterocycles. The summed E-state index contributed by atoms with van der Waals surface area (Å²) < 4.78 is 4.88. The number of hydrogen-bond acceptors (Lipinski definition) is 7. The Balaban J connectivity index is 1.79. The number of carbonyl (C=O) groups is 1. The van der Waals surface area contributed by atoms with Crippen LogP contribution in [-0.4, -0.2) is 27.8 Å². The van der Waals surface area contributed by atoms with Crippen LogP contribution in [0.2, 0.25) is 0 Å². The molecule has 1 N–H and O–H groups in total. The van der Waals surface area contributed by atoms with Crippen LogP contribution in [-0.2, 0) is 22.5 Å². The first-order valence-electron chi connectivity index (χ1n) is 6.38. The summed E-state index contributed by atoms with van der Waals surface area (Å²) in [5, 5.41) is 13.7. The first kappa shape index (κ1) is 14.4. The third-order valence-corrected chi connectivity index (χ3v) is 3.34. The average molecular weight is 292 g/mol. The highest BCUT2D eigenvalue weighted by molar-refractivity contribution is 7.13. The molecule has 2 heterocycles. The normalized spacial score (nSPS) is 10.2. The minimum Gasteiger partial charge on any atom is -0.466 e. The van der Waals surface area contributed by atoms with Gasteiger partial charge in [-0.2, -0.15) is 10.2 Å². The predicted molar refractivity (Wildman–Crippen MR) is 76.4 cm³/mol. The number of carbonyl (C=O) groups excluding carboxylic acids is 1. The third-order valence-electron chi connectivity index (χ3n) is 2.49. The topological polar surface area (TPSA) is 77.0 Å². The van der Waals surface area contributed by atoms with Crippen molar-refractivity contribution in [2.24, 2.45) is 0 Å². The molecular weight excluding hydrogens is 276 g/mol. The second kappa shape index (κ2) is 7.54. The first-order valence-corrected chi connectivity index (χ1v) is 7.26. The summed E-state index contributed by atoms with van der Waals surface area (Å²) in [7, 11) is 0. The highest BCUT2D eigenvalue weighted by atomic mass is 32.1. The van der Waals surface area contributed by atoms with E-state index >= 15 is 0 Å². The molecule has 0 aliphatic rings. The number of nitrogens with one attached hydrogen (secondary N) is 1. The van der Waals surface area contributed by atoms with Crippen LogP contribution in [0, 0.1) is 0 Å². The number of hydrogen-bond donors (Lipinski definition) is 1. The zero-order chi connectivity index (χ0) is 14.2. The maximum absolute atomic E-state index is 11.3. The lowest BCUT2D eigenvalue weighted by Crippen LogP contribution is -2.05. The fourth-order valence-corrected chi connectivity index (χ4v) is 2.30. The Hall–Kier alpha value is -2.02. The average Bonchev–Trinajstić information content (AvgIpc) is 2.92. The van der Waals surface area contributed by atoms with Crippen molar-refractivity contribution in [3.8, 4) is 0 Å². The second-order valence-electron chi connectivity index (χ2n) is 4.02. The molecule has 0 unspecified atom stereocenters. The van der Waals surface area contributed by atoms with Crippen molar-refractivity contribution in [3.63, 3.8) is 0 Å². The van der Waals surface area contributed by atoms with Crippen LogP contribution in [0.15, 0.2) is 23.7 Å². The van der Waals surface area contributed by atoms with Crippen molar-refractivity contribution >= 4 is 22.4 Å². The Morgan fingerprint density at radius 2 is 2.35 bits per heavy atom. The molecule has 0 spiro atoms. The molecule has 0 fully saturated rings. The summed E-state index contributed by atoms with van der Waals surface area (Å²) in [5.74, 6) is -0.186. The summed E-state index contributed by atoms with van der Waals surface area (Å²) in [4.78, 5) is 15.7. The number of nitrogens with zero attached hydrogens (tertiary/aromatic N) is 3. The van der Waals surface area contributed by atoms with Gasteiger partial charge in [0.25, 0.3) is 0 Å². The van der Waals surface area contributed by atoms with E-state index < -0.39 is 0 Å². The SMILES string of the molecule is CCOC(=O)CCc1csc(NCc2cccnn2)n1. The van der Waals surface area contributed by atoms with Crippen molar-refractivity contribution in [1.29, 1.82) is 0 Å². The van der Waals surface area contributed by atoms with Crippen LogP contribution in [0.3, 0.4) is 0 Å². The minimum atomic E-state index is -0.186. The molecule has 0 radical (unpaired) electrons. The number of rotatable bonds is 7. The van der Waals surface area contributed by atoms with E-state index in [1.807, 2.05) is 17.5 Å². The summed E-state index contributed by atoms with van der Waals surface area (Å²) in [6, 6.07) is 3.74. The van der Waals surface area contributed by atoms with Gasteiger partial charge in [0.05, 0.1) is 31.0 Å². The van der Waals surface area contributed by atoms with Gasteiger partial charge in [0.1, 0.15) is 0 Å². The maximum atomic E-state index is 11.3. The minimum absolute atomic E-state index is 0.186. The van der Waals surface area contributed by atoms with E-state index in [1.165, 1.54) is 11.3 Å². The molecule has 0 aliphatic heterocycles. The Bertz CT molecular complexity index is 544. The summed E-state index contributed by atoms with van der Waals surface area (Å²) >= 11 is 1.51. The number of ether oxygens (including phenoxy) is 1. The predicted octanol–water partition coefficient (Wildman–Crippen LogP) is 2.04. The van der Waals surface area contributed by atoms with Crippen molar-refractivity contribution in [1.82, 2.24) is 15.2 Å². The molecule has 6 nitrogen and oxygen atoms in total. The van der Waals surface area contributed by atoms with Crippen molar-refractivity contribution in [2.45, 2.75) is 26.3 Å². The van der Waals surface area contributed by atoms with Crippen LogP contribution < -0.4 is 5.32 Å². The molecule has 0 amide bonds.